The third kappa shape index (κ3) is 5.57. The van der Waals surface area contributed by atoms with E-state index in [9.17, 15) is 23.3 Å². The van der Waals surface area contributed by atoms with Gasteiger partial charge in [0.15, 0.2) is 6.61 Å². The van der Waals surface area contributed by atoms with Crippen LogP contribution in [0.15, 0.2) is 53.4 Å². The van der Waals surface area contributed by atoms with E-state index in [0.717, 1.165) is 23.6 Å². The average Bonchev–Trinajstić information content (AvgIpc) is 2.91. The highest BCUT2D eigenvalue weighted by Gasteiger charge is 2.39. The number of nitrogens with zero attached hydrogens (tertiary/aromatic N) is 3. The van der Waals surface area contributed by atoms with Crippen LogP contribution in [0.1, 0.15) is 42.5 Å². The van der Waals surface area contributed by atoms with Crippen LogP contribution in [0.2, 0.25) is 0 Å². The molecule has 0 unspecified atom stereocenters. The van der Waals surface area contributed by atoms with E-state index in [2.05, 4.69) is 6.07 Å². The van der Waals surface area contributed by atoms with Crippen molar-refractivity contribution in [2.24, 2.45) is 0 Å². The molecule has 0 bridgehead atoms. The summed E-state index contributed by atoms with van der Waals surface area (Å²) in [5.41, 5.74) is -0.472. The highest BCUT2D eigenvalue weighted by atomic mass is 32.2. The first kappa shape index (κ1) is 26.0. The number of benzene rings is 2. The van der Waals surface area contributed by atoms with Gasteiger partial charge in [0.25, 0.3) is 15.9 Å². The molecule has 2 aromatic carbocycles. The number of sulfonamides is 1. The number of nitriles is 1. The molecule has 1 amide bonds. The van der Waals surface area contributed by atoms with E-state index in [0.29, 0.717) is 24.3 Å². The Morgan fingerprint density at radius 2 is 1.71 bits per heavy atom. The molecule has 10 heteroatoms. The van der Waals surface area contributed by atoms with E-state index >= 15 is 0 Å². The number of methoxy groups -OCH3 is 1. The number of rotatable bonds is 8. The second-order valence-corrected chi connectivity index (χ2v) is 10.4. The molecule has 0 N–H and O–H groups in total. The summed E-state index contributed by atoms with van der Waals surface area (Å²) in [4.78, 5) is 26.5. The lowest BCUT2D eigenvalue weighted by atomic mass is 9.81. The smallest absolute Gasteiger partial charge is 0.338 e. The molecule has 9 nitrogen and oxygen atoms in total. The molecule has 0 atom stereocenters. The zero-order valence-corrected chi connectivity index (χ0v) is 20.9. The Morgan fingerprint density at radius 1 is 1.06 bits per heavy atom. The van der Waals surface area contributed by atoms with Gasteiger partial charge in [0.2, 0.25) is 0 Å². The van der Waals surface area contributed by atoms with Crippen LogP contribution in [-0.2, 0) is 19.6 Å². The second-order valence-electron chi connectivity index (χ2n) is 8.43. The van der Waals surface area contributed by atoms with E-state index in [1.807, 2.05) is 0 Å². The summed E-state index contributed by atoms with van der Waals surface area (Å²) in [5, 5.41) is 9.66. The standard InChI is InChI=1S/C25H29N3O6S/c1-27(25(18-26)14-5-4-6-15-25)23(29)17-34-24(30)19-8-7-9-22(16-19)35(31,32)28(2)20-10-12-21(33-3)13-11-20/h7-13,16H,4-6,14-15,17H2,1-3H3. The fraction of sp³-hybridized carbons (Fsp3) is 0.400. The molecule has 2 aromatic rings. The number of carbonyl (C=O) groups excluding carboxylic acids is 2. The molecule has 0 spiro atoms. The van der Waals surface area contributed by atoms with Crippen LogP contribution < -0.4 is 9.04 Å². The Balaban J connectivity index is 1.70. The molecule has 1 saturated carbocycles. The molecule has 0 saturated heterocycles. The molecule has 0 radical (unpaired) electrons. The van der Waals surface area contributed by atoms with Crippen molar-refractivity contribution in [3.8, 4) is 11.8 Å². The number of ether oxygens (including phenoxy) is 2. The zero-order valence-electron chi connectivity index (χ0n) is 20.1. The number of amides is 1. The van der Waals surface area contributed by atoms with Gasteiger partial charge in [0, 0.05) is 14.1 Å². The van der Waals surface area contributed by atoms with Gasteiger partial charge in [0.05, 0.1) is 29.3 Å². The van der Waals surface area contributed by atoms with Crippen LogP contribution in [0.3, 0.4) is 0 Å². The molecule has 1 aliphatic carbocycles. The molecule has 0 aliphatic heterocycles. The SMILES string of the molecule is COc1ccc(N(C)S(=O)(=O)c2cccc(C(=O)OCC(=O)N(C)C3(C#N)CCCCC3)c2)cc1. The van der Waals surface area contributed by atoms with Gasteiger partial charge in [-0.3, -0.25) is 9.10 Å². The van der Waals surface area contributed by atoms with E-state index < -0.39 is 34.0 Å². The van der Waals surface area contributed by atoms with Gasteiger partial charge < -0.3 is 14.4 Å². The molecule has 35 heavy (non-hydrogen) atoms. The van der Waals surface area contributed by atoms with Crippen molar-refractivity contribution in [1.29, 1.82) is 5.26 Å². The van der Waals surface area contributed by atoms with Crippen molar-refractivity contribution < 1.29 is 27.5 Å². The minimum absolute atomic E-state index is 0.00248. The zero-order chi connectivity index (χ0) is 25.6. The fourth-order valence-corrected chi connectivity index (χ4v) is 5.32. The molecule has 0 aromatic heterocycles. The second kappa shape index (κ2) is 10.8. The van der Waals surface area contributed by atoms with Gasteiger partial charge in [-0.25, -0.2) is 13.2 Å². The van der Waals surface area contributed by atoms with Gasteiger partial charge in [-0.2, -0.15) is 5.26 Å². The minimum Gasteiger partial charge on any atom is -0.497 e. The van der Waals surface area contributed by atoms with Gasteiger partial charge in [-0.15, -0.1) is 0 Å². The first-order valence-electron chi connectivity index (χ1n) is 11.2. The van der Waals surface area contributed by atoms with Crippen LogP contribution in [-0.4, -0.2) is 58.5 Å². The van der Waals surface area contributed by atoms with Crippen molar-refractivity contribution >= 4 is 27.6 Å². The van der Waals surface area contributed by atoms with Crippen LogP contribution in [0, 0.1) is 11.3 Å². The quantitative estimate of drug-likeness (QED) is 0.511. The maximum atomic E-state index is 13.1. The van der Waals surface area contributed by atoms with Gasteiger partial charge >= 0.3 is 5.97 Å². The minimum atomic E-state index is -3.96. The van der Waals surface area contributed by atoms with E-state index in [1.54, 1.807) is 31.3 Å². The largest absolute Gasteiger partial charge is 0.497 e. The topological polar surface area (TPSA) is 117 Å². The number of hydrogen-bond donors (Lipinski definition) is 0. The van der Waals surface area contributed by atoms with Gasteiger partial charge in [-0.05, 0) is 55.3 Å². The monoisotopic (exact) mass is 499 g/mol. The summed E-state index contributed by atoms with van der Waals surface area (Å²) in [7, 11) is 0.510. The molecule has 1 fully saturated rings. The van der Waals surface area contributed by atoms with E-state index in [4.69, 9.17) is 9.47 Å². The Bertz CT molecular complexity index is 1210. The van der Waals surface area contributed by atoms with E-state index in [1.165, 1.54) is 43.3 Å². The van der Waals surface area contributed by atoms with Crippen molar-refractivity contribution in [2.75, 3.05) is 32.1 Å². The number of esters is 1. The lowest BCUT2D eigenvalue weighted by Crippen LogP contribution is -2.51. The lowest BCUT2D eigenvalue weighted by molar-refractivity contribution is -0.138. The molecule has 0 heterocycles. The predicted octanol–water partition coefficient (Wildman–Crippen LogP) is 3.36. The van der Waals surface area contributed by atoms with Gasteiger partial charge in [-0.1, -0.05) is 25.3 Å². The molecule has 1 aliphatic rings. The summed E-state index contributed by atoms with van der Waals surface area (Å²) in [6.45, 7) is -0.540. The van der Waals surface area contributed by atoms with Crippen LogP contribution >= 0.6 is 0 Å². The summed E-state index contributed by atoms with van der Waals surface area (Å²) >= 11 is 0. The van der Waals surface area contributed by atoms with E-state index in [-0.39, 0.29) is 10.5 Å². The third-order valence-electron chi connectivity index (χ3n) is 6.40. The average molecular weight is 500 g/mol. The molecular weight excluding hydrogens is 470 g/mol. The molecule has 186 valence electrons. The number of anilines is 1. The van der Waals surface area contributed by atoms with Crippen molar-refractivity contribution in [2.45, 2.75) is 42.5 Å². The van der Waals surface area contributed by atoms with Crippen LogP contribution in [0.5, 0.6) is 5.75 Å². The fourth-order valence-electron chi connectivity index (χ4n) is 4.08. The Hall–Kier alpha value is -3.58. The summed E-state index contributed by atoms with van der Waals surface area (Å²) in [5.74, 6) is -0.718. The van der Waals surface area contributed by atoms with Crippen molar-refractivity contribution in [3.63, 3.8) is 0 Å². The van der Waals surface area contributed by atoms with Crippen LogP contribution in [0.25, 0.3) is 0 Å². The number of hydrogen-bond acceptors (Lipinski definition) is 7. The summed E-state index contributed by atoms with van der Waals surface area (Å²) in [6, 6.07) is 14.2. The van der Waals surface area contributed by atoms with Gasteiger partial charge in [0.1, 0.15) is 11.3 Å². The molecular formula is C25H29N3O6S. The number of likely N-dealkylation sites (N-methyl/N-ethyl adjacent to an activating group) is 1. The third-order valence-corrected chi connectivity index (χ3v) is 8.18. The maximum absolute atomic E-state index is 13.1. The van der Waals surface area contributed by atoms with Crippen molar-refractivity contribution in [1.82, 2.24) is 4.90 Å². The summed E-state index contributed by atoms with van der Waals surface area (Å²) < 4.78 is 37.6. The van der Waals surface area contributed by atoms with Crippen LogP contribution in [0.4, 0.5) is 5.69 Å². The Kier molecular flexibility index (Phi) is 8.02. The number of carbonyl (C=O) groups is 2. The predicted molar refractivity (Wildman–Crippen MR) is 130 cm³/mol. The summed E-state index contributed by atoms with van der Waals surface area (Å²) in [6.07, 6.45) is 3.91. The first-order valence-corrected chi connectivity index (χ1v) is 12.7. The maximum Gasteiger partial charge on any atom is 0.338 e. The van der Waals surface area contributed by atoms with Crippen molar-refractivity contribution in [3.05, 3.63) is 54.1 Å². The normalized spacial score (nSPS) is 14.9. The lowest BCUT2D eigenvalue weighted by Gasteiger charge is -2.38. The first-order chi connectivity index (χ1) is 16.6. The molecule has 3 rings (SSSR count). The highest BCUT2D eigenvalue weighted by Crippen LogP contribution is 2.32. The Labute approximate surface area is 205 Å². The highest BCUT2D eigenvalue weighted by molar-refractivity contribution is 7.92. The Morgan fingerprint density at radius 3 is 2.31 bits per heavy atom.